The van der Waals surface area contributed by atoms with Gasteiger partial charge in [-0.15, -0.1) is 0 Å². The first-order valence-corrected chi connectivity index (χ1v) is 23.8. The van der Waals surface area contributed by atoms with Gasteiger partial charge in [-0.1, -0.05) is 231 Å². The predicted molar refractivity (Wildman–Crippen MR) is 228 cm³/mol. The van der Waals surface area contributed by atoms with Crippen LogP contribution >= 0.6 is 0 Å². The van der Waals surface area contributed by atoms with Gasteiger partial charge in [0.25, 0.3) is 0 Å². The summed E-state index contributed by atoms with van der Waals surface area (Å²) in [5, 5.41) is 9.62. The quantitative estimate of drug-likeness (QED) is 0.0384. The van der Waals surface area contributed by atoms with Crippen molar-refractivity contribution >= 4 is 5.97 Å². The molecule has 0 fully saturated rings. The van der Waals surface area contributed by atoms with Crippen LogP contribution in [0.25, 0.3) is 0 Å². The van der Waals surface area contributed by atoms with E-state index in [-0.39, 0.29) is 12.6 Å². The molecule has 0 aromatic rings. The summed E-state index contributed by atoms with van der Waals surface area (Å²) in [6.07, 6.45) is 55.8. The molecular formula is C48H94O4. The van der Waals surface area contributed by atoms with Crippen LogP contribution in [-0.2, 0) is 14.3 Å². The maximum absolute atomic E-state index is 12.2. The summed E-state index contributed by atoms with van der Waals surface area (Å²) < 4.78 is 11.2. The number of allylic oxidation sites excluding steroid dienone is 2. The number of unbranched alkanes of at least 4 members (excludes halogenated alkanes) is 35. The lowest BCUT2D eigenvalue weighted by molar-refractivity contribution is -0.154. The molecule has 0 aliphatic carbocycles. The minimum Gasteiger partial charge on any atom is -0.457 e. The molecule has 1 N–H and O–H groups in total. The van der Waals surface area contributed by atoms with Crippen LogP contribution in [0.4, 0.5) is 0 Å². The van der Waals surface area contributed by atoms with E-state index >= 15 is 0 Å². The van der Waals surface area contributed by atoms with Gasteiger partial charge in [0, 0.05) is 13.0 Å². The second-order valence-corrected chi connectivity index (χ2v) is 16.2. The van der Waals surface area contributed by atoms with Gasteiger partial charge in [-0.05, 0) is 38.5 Å². The first-order chi connectivity index (χ1) is 25.7. The second kappa shape index (κ2) is 46.3. The number of ether oxygens (including phenoxy) is 2. The third kappa shape index (κ3) is 43.5. The van der Waals surface area contributed by atoms with Crippen molar-refractivity contribution in [3.63, 3.8) is 0 Å². The Morgan fingerprint density at radius 2 is 0.750 bits per heavy atom. The van der Waals surface area contributed by atoms with Crippen molar-refractivity contribution in [2.24, 2.45) is 0 Å². The fourth-order valence-corrected chi connectivity index (χ4v) is 7.27. The maximum atomic E-state index is 12.2. The van der Waals surface area contributed by atoms with Crippen LogP contribution in [0.1, 0.15) is 264 Å². The van der Waals surface area contributed by atoms with E-state index in [1.807, 2.05) is 0 Å². The molecule has 0 heterocycles. The van der Waals surface area contributed by atoms with E-state index in [1.54, 1.807) is 0 Å². The lowest BCUT2D eigenvalue weighted by atomic mass is 10.0. The monoisotopic (exact) mass is 735 g/mol. The van der Waals surface area contributed by atoms with Crippen molar-refractivity contribution in [2.75, 3.05) is 19.8 Å². The topological polar surface area (TPSA) is 55.8 Å². The maximum Gasteiger partial charge on any atom is 0.306 e. The highest BCUT2D eigenvalue weighted by Gasteiger charge is 2.13. The summed E-state index contributed by atoms with van der Waals surface area (Å²) >= 11 is 0. The minimum absolute atomic E-state index is 0.167. The van der Waals surface area contributed by atoms with E-state index in [4.69, 9.17) is 9.47 Å². The molecule has 310 valence electrons. The van der Waals surface area contributed by atoms with Crippen LogP contribution < -0.4 is 0 Å². The van der Waals surface area contributed by atoms with E-state index in [2.05, 4.69) is 26.0 Å². The average molecular weight is 735 g/mol. The van der Waals surface area contributed by atoms with Crippen LogP contribution in [0.5, 0.6) is 0 Å². The molecule has 0 saturated carbocycles. The molecule has 0 spiro atoms. The van der Waals surface area contributed by atoms with Gasteiger partial charge < -0.3 is 14.6 Å². The third-order valence-electron chi connectivity index (χ3n) is 10.8. The van der Waals surface area contributed by atoms with Gasteiger partial charge in [-0.3, -0.25) is 4.79 Å². The first-order valence-electron chi connectivity index (χ1n) is 23.8. The van der Waals surface area contributed by atoms with Crippen LogP contribution in [-0.4, -0.2) is 37.0 Å². The van der Waals surface area contributed by atoms with Crippen LogP contribution in [0.15, 0.2) is 12.2 Å². The Morgan fingerprint density at radius 3 is 1.10 bits per heavy atom. The van der Waals surface area contributed by atoms with Crippen molar-refractivity contribution in [1.82, 2.24) is 0 Å². The lowest BCUT2D eigenvalue weighted by Crippen LogP contribution is -2.27. The summed E-state index contributed by atoms with van der Waals surface area (Å²) in [6, 6.07) is 0. The average Bonchev–Trinajstić information content (AvgIpc) is 3.15. The lowest BCUT2D eigenvalue weighted by Gasteiger charge is -2.16. The molecular weight excluding hydrogens is 641 g/mol. The Kier molecular flexibility index (Phi) is 45.5. The van der Waals surface area contributed by atoms with E-state index in [0.717, 1.165) is 19.3 Å². The zero-order valence-corrected chi connectivity index (χ0v) is 35.6. The molecule has 0 amide bonds. The summed E-state index contributed by atoms with van der Waals surface area (Å²) in [4.78, 5) is 12.2. The summed E-state index contributed by atoms with van der Waals surface area (Å²) in [7, 11) is 0. The molecule has 0 aliphatic heterocycles. The fraction of sp³-hybridized carbons (Fsp3) is 0.938. The number of aliphatic hydroxyl groups is 1. The summed E-state index contributed by atoms with van der Waals surface area (Å²) in [5.74, 6) is -0.199. The standard InChI is InChI=1S/C48H94O4/c1-3-5-7-9-11-13-15-17-19-21-22-23-24-25-26-28-30-32-34-36-38-40-42-44-51-46-47(45-49)52-48(50)43-41-39-37-35-33-31-29-27-20-18-16-14-12-10-8-6-4-2/h18,20,47,49H,3-17,19,21-46H2,1-2H3/b20-18-. The molecule has 4 nitrogen and oxygen atoms in total. The van der Waals surface area contributed by atoms with Gasteiger partial charge in [0.2, 0.25) is 0 Å². The fourth-order valence-electron chi connectivity index (χ4n) is 7.27. The molecule has 0 saturated heterocycles. The Hall–Kier alpha value is -0.870. The first kappa shape index (κ1) is 51.1. The van der Waals surface area contributed by atoms with Crippen LogP contribution in [0.3, 0.4) is 0 Å². The van der Waals surface area contributed by atoms with E-state index in [1.165, 1.54) is 225 Å². The van der Waals surface area contributed by atoms with Crippen molar-refractivity contribution in [2.45, 2.75) is 270 Å². The van der Waals surface area contributed by atoms with E-state index < -0.39 is 6.10 Å². The molecule has 0 bridgehead atoms. The molecule has 0 radical (unpaired) electrons. The van der Waals surface area contributed by atoms with Gasteiger partial charge in [-0.2, -0.15) is 0 Å². The Labute approximate surface area is 326 Å². The van der Waals surface area contributed by atoms with Crippen molar-refractivity contribution in [1.29, 1.82) is 0 Å². The summed E-state index contributed by atoms with van der Waals surface area (Å²) in [5.41, 5.74) is 0. The van der Waals surface area contributed by atoms with Crippen LogP contribution in [0, 0.1) is 0 Å². The summed E-state index contributed by atoms with van der Waals surface area (Å²) in [6.45, 7) is 5.39. The van der Waals surface area contributed by atoms with E-state index in [0.29, 0.717) is 19.6 Å². The van der Waals surface area contributed by atoms with Crippen molar-refractivity contribution in [3.05, 3.63) is 12.2 Å². The number of hydrogen-bond acceptors (Lipinski definition) is 4. The Balaban J connectivity index is 3.35. The Morgan fingerprint density at radius 1 is 0.442 bits per heavy atom. The molecule has 0 aromatic heterocycles. The third-order valence-corrected chi connectivity index (χ3v) is 10.8. The molecule has 0 rings (SSSR count). The molecule has 1 unspecified atom stereocenters. The van der Waals surface area contributed by atoms with Crippen molar-refractivity contribution < 1.29 is 19.4 Å². The highest BCUT2D eigenvalue weighted by Crippen LogP contribution is 2.16. The smallest absolute Gasteiger partial charge is 0.306 e. The second-order valence-electron chi connectivity index (χ2n) is 16.2. The molecule has 0 aliphatic rings. The van der Waals surface area contributed by atoms with Gasteiger partial charge in [0.1, 0.15) is 6.10 Å². The number of carbonyl (C=O) groups is 1. The van der Waals surface area contributed by atoms with Crippen molar-refractivity contribution in [3.8, 4) is 0 Å². The highest BCUT2D eigenvalue weighted by molar-refractivity contribution is 5.69. The SMILES string of the molecule is CCCCCCCC/C=C\CCCCCCCCCC(=O)OC(CO)COCCCCCCCCCCCCCCCCCCCCCCCCC. The predicted octanol–water partition coefficient (Wildman–Crippen LogP) is 15.7. The normalized spacial score (nSPS) is 12.3. The van der Waals surface area contributed by atoms with Gasteiger partial charge >= 0.3 is 5.97 Å². The number of rotatable bonds is 45. The zero-order chi connectivity index (χ0) is 37.7. The number of esters is 1. The largest absolute Gasteiger partial charge is 0.457 e. The minimum atomic E-state index is -0.531. The molecule has 1 atom stereocenters. The van der Waals surface area contributed by atoms with Crippen LogP contribution in [0.2, 0.25) is 0 Å². The Bertz CT molecular complexity index is 692. The number of hydrogen-bond donors (Lipinski definition) is 1. The zero-order valence-electron chi connectivity index (χ0n) is 35.6. The number of aliphatic hydroxyl groups excluding tert-OH is 1. The van der Waals surface area contributed by atoms with E-state index in [9.17, 15) is 9.90 Å². The number of carbonyl (C=O) groups excluding carboxylic acids is 1. The molecule has 4 heteroatoms. The van der Waals surface area contributed by atoms with Gasteiger partial charge in [0.15, 0.2) is 0 Å². The van der Waals surface area contributed by atoms with Gasteiger partial charge in [-0.25, -0.2) is 0 Å². The highest BCUT2D eigenvalue weighted by atomic mass is 16.6. The molecule has 52 heavy (non-hydrogen) atoms. The molecule has 0 aromatic carbocycles. The van der Waals surface area contributed by atoms with Gasteiger partial charge in [0.05, 0.1) is 13.2 Å².